The Bertz CT molecular complexity index is 441. The SMILES string of the molecule is CC(=O)c1sc(NCCN(C)C)c(OC(C)C)c1N. The van der Waals surface area contributed by atoms with Gasteiger partial charge in [0, 0.05) is 20.0 Å². The molecule has 5 nitrogen and oxygen atoms in total. The van der Waals surface area contributed by atoms with Crippen molar-refractivity contribution in [2.75, 3.05) is 38.2 Å². The topological polar surface area (TPSA) is 67.6 Å². The molecule has 1 rings (SSSR count). The molecule has 0 radical (unpaired) electrons. The number of nitrogens with one attached hydrogen (secondary N) is 1. The fourth-order valence-electron chi connectivity index (χ4n) is 1.55. The van der Waals surface area contributed by atoms with Gasteiger partial charge in [-0.15, -0.1) is 11.3 Å². The van der Waals surface area contributed by atoms with Crippen LogP contribution >= 0.6 is 11.3 Å². The molecular weight excluding hydrogens is 262 g/mol. The first kappa shape index (κ1) is 15.8. The number of likely N-dealkylation sites (N-methyl/N-ethyl adjacent to an activating group) is 1. The number of rotatable bonds is 7. The third-order valence-electron chi connectivity index (χ3n) is 2.42. The van der Waals surface area contributed by atoms with E-state index in [0.29, 0.717) is 16.3 Å². The second-order valence-corrected chi connectivity index (χ2v) is 5.98. The van der Waals surface area contributed by atoms with Crippen molar-refractivity contribution >= 4 is 27.8 Å². The average molecular weight is 285 g/mol. The van der Waals surface area contributed by atoms with Crippen molar-refractivity contribution in [2.45, 2.75) is 26.9 Å². The number of nitrogens with two attached hydrogens (primary N) is 1. The number of thiophene rings is 1. The number of nitrogens with zero attached hydrogens (tertiary/aromatic N) is 1. The standard InChI is InChI=1S/C13H23N3O2S/c1-8(2)18-11-10(14)12(9(3)17)19-13(11)15-6-7-16(4)5/h8,15H,6-7,14H2,1-5H3. The molecule has 19 heavy (non-hydrogen) atoms. The van der Waals surface area contributed by atoms with Crippen LogP contribution in [0.25, 0.3) is 0 Å². The lowest BCUT2D eigenvalue weighted by molar-refractivity contribution is 0.102. The fourth-order valence-corrected chi connectivity index (χ4v) is 2.53. The monoisotopic (exact) mass is 285 g/mol. The number of nitrogen functional groups attached to an aromatic ring is 1. The first-order valence-corrected chi connectivity index (χ1v) is 7.13. The van der Waals surface area contributed by atoms with Crippen LogP contribution < -0.4 is 15.8 Å². The summed E-state index contributed by atoms with van der Waals surface area (Å²) in [4.78, 5) is 14.2. The molecule has 0 aliphatic carbocycles. The predicted molar refractivity (Wildman–Crippen MR) is 81.5 cm³/mol. The minimum atomic E-state index is -0.0308. The molecule has 0 saturated heterocycles. The fraction of sp³-hybridized carbons (Fsp3) is 0.615. The minimum Gasteiger partial charge on any atom is -0.486 e. The van der Waals surface area contributed by atoms with Crippen molar-refractivity contribution in [1.29, 1.82) is 0 Å². The molecule has 0 fully saturated rings. The van der Waals surface area contributed by atoms with Gasteiger partial charge in [-0.1, -0.05) is 0 Å². The number of carbonyl (C=O) groups excluding carboxylic acids is 1. The zero-order chi connectivity index (χ0) is 14.6. The van der Waals surface area contributed by atoms with Gasteiger partial charge in [-0.2, -0.15) is 0 Å². The summed E-state index contributed by atoms with van der Waals surface area (Å²) in [5.74, 6) is 0.570. The lowest BCUT2D eigenvalue weighted by Gasteiger charge is -2.14. The predicted octanol–water partition coefficient (Wildman–Crippen LogP) is 2.29. The molecule has 3 N–H and O–H groups in total. The third-order valence-corrected chi connectivity index (χ3v) is 3.66. The van der Waals surface area contributed by atoms with Gasteiger partial charge in [0.2, 0.25) is 0 Å². The van der Waals surface area contributed by atoms with E-state index in [0.717, 1.165) is 18.1 Å². The van der Waals surface area contributed by atoms with Gasteiger partial charge >= 0.3 is 0 Å². The van der Waals surface area contributed by atoms with Crippen molar-refractivity contribution in [3.63, 3.8) is 0 Å². The third kappa shape index (κ3) is 4.40. The highest BCUT2D eigenvalue weighted by atomic mass is 32.1. The van der Waals surface area contributed by atoms with E-state index in [1.54, 1.807) is 0 Å². The van der Waals surface area contributed by atoms with Crippen LogP contribution in [0.5, 0.6) is 5.75 Å². The minimum absolute atomic E-state index is 0.0195. The molecule has 0 atom stereocenters. The Hall–Kier alpha value is -1.27. The summed E-state index contributed by atoms with van der Waals surface area (Å²) in [6.07, 6.45) is 0.0195. The summed E-state index contributed by atoms with van der Waals surface area (Å²) < 4.78 is 5.72. The zero-order valence-electron chi connectivity index (χ0n) is 12.2. The van der Waals surface area contributed by atoms with E-state index in [1.165, 1.54) is 18.3 Å². The molecule has 1 heterocycles. The highest BCUT2D eigenvalue weighted by Gasteiger charge is 2.20. The highest BCUT2D eigenvalue weighted by molar-refractivity contribution is 7.19. The van der Waals surface area contributed by atoms with Gasteiger partial charge in [-0.25, -0.2) is 0 Å². The number of hydrogen-bond donors (Lipinski definition) is 2. The molecule has 1 aromatic rings. The van der Waals surface area contributed by atoms with Crippen molar-refractivity contribution in [3.05, 3.63) is 4.88 Å². The van der Waals surface area contributed by atoms with Gasteiger partial charge in [0.15, 0.2) is 11.5 Å². The Morgan fingerprint density at radius 1 is 1.47 bits per heavy atom. The normalized spacial score (nSPS) is 11.1. The Labute approximate surface area is 118 Å². The van der Waals surface area contributed by atoms with Crippen LogP contribution in [0.2, 0.25) is 0 Å². The van der Waals surface area contributed by atoms with Crippen molar-refractivity contribution < 1.29 is 9.53 Å². The van der Waals surface area contributed by atoms with E-state index < -0.39 is 0 Å². The summed E-state index contributed by atoms with van der Waals surface area (Å²) in [6.45, 7) is 7.07. The largest absolute Gasteiger partial charge is 0.486 e. The van der Waals surface area contributed by atoms with Gasteiger partial charge in [-0.05, 0) is 27.9 Å². The molecule has 6 heteroatoms. The molecule has 108 valence electrons. The molecule has 0 saturated carbocycles. The van der Waals surface area contributed by atoms with Gasteiger partial charge in [0.1, 0.15) is 5.00 Å². The van der Waals surface area contributed by atoms with Gasteiger partial charge in [-0.3, -0.25) is 4.79 Å². The summed E-state index contributed by atoms with van der Waals surface area (Å²) in [6, 6.07) is 0. The number of ketones is 1. The maximum atomic E-state index is 11.5. The highest BCUT2D eigenvalue weighted by Crippen LogP contribution is 2.43. The smallest absolute Gasteiger partial charge is 0.177 e. The van der Waals surface area contributed by atoms with Crippen LogP contribution in [0, 0.1) is 0 Å². The maximum Gasteiger partial charge on any atom is 0.177 e. The maximum absolute atomic E-state index is 11.5. The van der Waals surface area contributed by atoms with Gasteiger partial charge in [0.25, 0.3) is 0 Å². The number of Topliss-reactive ketones (excluding diaryl/α,β-unsaturated/α-hetero) is 1. The Kier molecular flexibility index (Phi) is 5.62. The van der Waals surface area contributed by atoms with E-state index in [9.17, 15) is 4.79 Å². The first-order chi connectivity index (χ1) is 8.82. The van der Waals surface area contributed by atoms with Crippen LogP contribution in [0.15, 0.2) is 0 Å². The van der Waals surface area contributed by atoms with E-state index >= 15 is 0 Å². The van der Waals surface area contributed by atoms with Gasteiger partial charge < -0.3 is 20.7 Å². The molecule has 0 aromatic carbocycles. The van der Waals surface area contributed by atoms with Crippen LogP contribution in [0.4, 0.5) is 10.7 Å². The summed E-state index contributed by atoms with van der Waals surface area (Å²) in [7, 11) is 4.02. The molecule has 0 amide bonds. The number of carbonyl (C=O) groups is 1. The van der Waals surface area contributed by atoms with Crippen LogP contribution in [-0.2, 0) is 0 Å². The van der Waals surface area contributed by atoms with Crippen LogP contribution in [-0.4, -0.2) is 44.0 Å². The Morgan fingerprint density at radius 2 is 2.11 bits per heavy atom. The summed E-state index contributed by atoms with van der Waals surface area (Å²) >= 11 is 1.36. The zero-order valence-corrected chi connectivity index (χ0v) is 13.1. The van der Waals surface area contributed by atoms with Crippen molar-refractivity contribution in [3.8, 4) is 5.75 Å². The molecule has 0 unspecified atom stereocenters. The van der Waals surface area contributed by atoms with Crippen molar-refractivity contribution in [1.82, 2.24) is 4.90 Å². The second kappa shape index (κ2) is 6.77. The Balaban J connectivity index is 2.93. The Morgan fingerprint density at radius 3 is 2.58 bits per heavy atom. The number of hydrogen-bond acceptors (Lipinski definition) is 6. The van der Waals surface area contributed by atoms with E-state index in [-0.39, 0.29) is 11.9 Å². The number of anilines is 2. The quantitative estimate of drug-likeness (QED) is 0.752. The molecule has 0 aliphatic heterocycles. The molecular formula is C13H23N3O2S. The number of ether oxygens (including phenoxy) is 1. The van der Waals surface area contributed by atoms with E-state index in [2.05, 4.69) is 10.2 Å². The van der Waals surface area contributed by atoms with E-state index in [1.807, 2.05) is 27.9 Å². The lowest BCUT2D eigenvalue weighted by Crippen LogP contribution is -2.20. The molecule has 0 bridgehead atoms. The van der Waals surface area contributed by atoms with Gasteiger partial charge in [0.05, 0.1) is 16.7 Å². The summed E-state index contributed by atoms with van der Waals surface area (Å²) in [5, 5.41) is 4.12. The first-order valence-electron chi connectivity index (χ1n) is 6.31. The summed E-state index contributed by atoms with van der Waals surface area (Å²) in [5.41, 5.74) is 6.44. The van der Waals surface area contributed by atoms with Crippen LogP contribution in [0.3, 0.4) is 0 Å². The molecule has 1 aromatic heterocycles. The molecule has 0 spiro atoms. The van der Waals surface area contributed by atoms with E-state index in [4.69, 9.17) is 10.5 Å². The second-order valence-electron chi connectivity index (χ2n) is 4.96. The van der Waals surface area contributed by atoms with Crippen molar-refractivity contribution in [2.24, 2.45) is 0 Å². The lowest BCUT2D eigenvalue weighted by atomic mass is 10.3. The average Bonchev–Trinajstić information content (AvgIpc) is 2.56. The van der Waals surface area contributed by atoms with Crippen LogP contribution in [0.1, 0.15) is 30.4 Å². The molecule has 0 aliphatic rings.